The second-order valence-corrected chi connectivity index (χ2v) is 4.95. The molecule has 0 unspecified atom stereocenters. The van der Waals surface area contributed by atoms with E-state index >= 15 is 0 Å². The van der Waals surface area contributed by atoms with E-state index in [0.29, 0.717) is 19.5 Å². The number of nitrogens with two attached hydrogens (primary N) is 1. The van der Waals surface area contributed by atoms with E-state index in [1.165, 1.54) is 6.07 Å². The fraction of sp³-hybridized carbons (Fsp3) is 0.571. The minimum absolute atomic E-state index is 0.0654. The van der Waals surface area contributed by atoms with Gasteiger partial charge in [-0.25, -0.2) is 0 Å². The molecule has 1 aromatic heterocycles. The van der Waals surface area contributed by atoms with E-state index in [-0.39, 0.29) is 17.5 Å². The summed E-state index contributed by atoms with van der Waals surface area (Å²) in [6, 6.07) is 5.19. The van der Waals surface area contributed by atoms with E-state index in [0.717, 1.165) is 25.8 Å². The summed E-state index contributed by atoms with van der Waals surface area (Å²) in [4.78, 5) is 25.6. The van der Waals surface area contributed by atoms with Crippen LogP contribution in [0.5, 0.6) is 0 Å². The Balaban J connectivity index is 1.94. The van der Waals surface area contributed by atoms with Gasteiger partial charge < -0.3 is 15.2 Å². The van der Waals surface area contributed by atoms with Crippen LogP contribution < -0.4 is 11.3 Å². The van der Waals surface area contributed by atoms with Crippen molar-refractivity contribution in [1.82, 2.24) is 9.47 Å². The first-order valence-electron chi connectivity index (χ1n) is 6.87. The van der Waals surface area contributed by atoms with Crippen LogP contribution in [0.15, 0.2) is 29.2 Å². The van der Waals surface area contributed by atoms with E-state index in [9.17, 15) is 9.59 Å². The molecule has 5 nitrogen and oxygen atoms in total. The predicted molar refractivity (Wildman–Crippen MR) is 73.7 cm³/mol. The number of rotatable bonds is 4. The number of nitrogens with zero attached hydrogens (tertiary/aromatic N) is 2. The van der Waals surface area contributed by atoms with Crippen molar-refractivity contribution in [3.05, 3.63) is 34.7 Å². The van der Waals surface area contributed by atoms with E-state index in [1.54, 1.807) is 22.9 Å². The van der Waals surface area contributed by atoms with Crippen molar-refractivity contribution >= 4 is 5.91 Å². The highest BCUT2D eigenvalue weighted by molar-refractivity contribution is 5.76. The minimum atomic E-state index is -0.0654. The maximum absolute atomic E-state index is 12.2. The van der Waals surface area contributed by atoms with Crippen LogP contribution in [0.25, 0.3) is 0 Å². The molecule has 1 aliphatic rings. The number of carbonyl (C=O) groups excluding carboxylic acids is 1. The SMILES string of the molecule is NC[C@H]1CCCCN1C(=O)CCn1ccccc1=O. The molecule has 19 heavy (non-hydrogen) atoms. The number of aryl methyl sites for hydroxylation is 1. The van der Waals surface area contributed by atoms with Crippen LogP contribution in [0.3, 0.4) is 0 Å². The number of pyridine rings is 1. The standard InChI is InChI=1S/C14H21N3O2/c15-11-12-5-1-4-9-17(12)14(19)7-10-16-8-3-2-6-13(16)18/h2-3,6,8,12H,1,4-5,7,9-11,15H2/t12-/m1/s1. The molecule has 1 saturated heterocycles. The molecule has 1 amide bonds. The second-order valence-electron chi connectivity index (χ2n) is 4.95. The third-order valence-electron chi connectivity index (χ3n) is 3.69. The Morgan fingerprint density at radius 3 is 2.95 bits per heavy atom. The maximum atomic E-state index is 12.2. The van der Waals surface area contributed by atoms with Crippen molar-refractivity contribution in [2.75, 3.05) is 13.1 Å². The smallest absolute Gasteiger partial charge is 0.250 e. The summed E-state index contributed by atoms with van der Waals surface area (Å²) in [5.41, 5.74) is 5.65. The highest BCUT2D eigenvalue weighted by atomic mass is 16.2. The second kappa shape index (κ2) is 6.52. The first-order valence-corrected chi connectivity index (χ1v) is 6.87. The van der Waals surface area contributed by atoms with Gasteiger partial charge in [-0.1, -0.05) is 6.07 Å². The summed E-state index contributed by atoms with van der Waals surface area (Å²) in [7, 11) is 0. The van der Waals surface area contributed by atoms with Gasteiger partial charge in [0.2, 0.25) is 5.91 Å². The number of hydrogen-bond acceptors (Lipinski definition) is 3. The average molecular weight is 263 g/mol. The van der Waals surface area contributed by atoms with E-state index in [2.05, 4.69) is 0 Å². The fourth-order valence-corrected chi connectivity index (χ4v) is 2.58. The first-order chi connectivity index (χ1) is 9.22. The zero-order chi connectivity index (χ0) is 13.7. The largest absolute Gasteiger partial charge is 0.338 e. The van der Waals surface area contributed by atoms with Crippen LogP contribution in [-0.2, 0) is 11.3 Å². The number of hydrogen-bond donors (Lipinski definition) is 1. The molecule has 1 aliphatic heterocycles. The van der Waals surface area contributed by atoms with Crippen molar-refractivity contribution in [1.29, 1.82) is 0 Å². The molecule has 5 heteroatoms. The molecule has 0 saturated carbocycles. The molecule has 0 spiro atoms. The molecule has 104 valence electrons. The topological polar surface area (TPSA) is 68.3 Å². The average Bonchev–Trinajstić information content (AvgIpc) is 2.46. The van der Waals surface area contributed by atoms with Crippen molar-refractivity contribution in [3.63, 3.8) is 0 Å². The molecule has 1 atom stereocenters. The van der Waals surface area contributed by atoms with Crippen molar-refractivity contribution in [2.24, 2.45) is 5.73 Å². The van der Waals surface area contributed by atoms with Crippen LogP contribution >= 0.6 is 0 Å². The van der Waals surface area contributed by atoms with E-state index in [1.807, 2.05) is 4.90 Å². The van der Waals surface area contributed by atoms with Gasteiger partial charge in [-0.3, -0.25) is 9.59 Å². The van der Waals surface area contributed by atoms with Gasteiger partial charge in [-0.15, -0.1) is 0 Å². The molecular weight excluding hydrogens is 242 g/mol. The van der Waals surface area contributed by atoms with Crippen LogP contribution in [-0.4, -0.2) is 34.5 Å². The van der Waals surface area contributed by atoms with Gasteiger partial charge in [0.15, 0.2) is 0 Å². The fourth-order valence-electron chi connectivity index (χ4n) is 2.58. The Labute approximate surface area is 113 Å². The molecule has 0 radical (unpaired) electrons. The molecule has 0 aromatic carbocycles. The van der Waals surface area contributed by atoms with Gasteiger partial charge in [0.1, 0.15) is 0 Å². The van der Waals surface area contributed by atoms with Crippen LogP contribution in [0.2, 0.25) is 0 Å². The lowest BCUT2D eigenvalue weighted by Gasteiger charge is -2.35. The molecule has 0 bridgehead atoms. The van der Waals surface area contributed by atoms with Gasteiger partial charge in [0.25, 0.3) is 5.56 Å². The summed E-state index contributed by atoms with van der Waals surface area (Å²) in [5.74, 6) is 0.103. The lowest BCUT2D eigenvalue weighted by molar-refractivity contribution is -0.134. The lowest BCUT2D eigenvalue weighted by atomic mass is 10.0. The third-order valence-corrected chi connectivity index (χ3v) is 3.69. The molecule has 1 fully saturated rings. The third kappa shape index (κ3) is 3.44. The number of carbonyl (C=O) groups is 1. The van der Waals surface area contributed by atoms with Crippen molar-refractivity contribution in [2.45, 2.75) is 38.3 Å². The van der Waals surface area contributed by atoms with E-state index < -0.39 is 0 Å². The van der Waals surface area contributed by atoms with Crippen LogP contribution in [0.1, 0.15) is 25.7 Å². The monoisotopic (exact) mass is 263 g/mol. The Morgan fingerprint density at radius 2 is 2.21 bits per heavy atom. The number of aromatic nitrogens is 1. The van der Waals surface area contributed by atoms with Crippen molar-refractivity contribution < 1.29 is 4.79 Å². The summed E-state index contributed by atoms with van der Waals surface area (Å²) >= 11 is 0. The molecule has 2 N–H and O–H groups in total. The summed E-state index contributed by atoms with van der Waals surface area (Å²) in [6.45, 7) is 1.76. The quantitative estimate of drug-likeness (QED) is 0.864. The Bertz CT molecular complexity index is 484. The molecule has 0 aliphatic carbocycles. The minimum Gasteiger partial charge on any atom is -0.338 e. The normalized spacial score (nSPS) is 19.4. The molecule has 2 heterocycles. The summed E-state index contributed by atoms with van der Waals surface area (Å²) in [6.07, 6.45) is 5.26. The maximum Gasteiger partial charge on any atom is 0.250 e. The Morgan fingerprint density at radius 1 is 1.37 bits per heavy atom. The molecule has 1 aromatic rings. The first kappa shape index (κ1) is 13.8. The van der Waals surface area contributed by atoms with Gasteiger partial charge in [-0.05, 0) is 25.3 Å². The molecular formula is C14H21N3O2. The Hall–Kier alpha value is -1.62. The predicted octanol–water partition coefficient (Wildman–Crippen LogP) is 0.578. The number of piperidine rings is 1. The van der Waals surface area contributed by atoms with Gasteiger partial charge in [0, 0.05) is 44.4 Å². The zero-order valence-corrected chi connectivity index (χ0v) is 11.1. The van der Waals surface area contributed by atoms with Gasteiger partial charge >= 0.3 is 0 Å². The van der Waals surface area contributed by atoms with Crippen LogP contribution in [0, 0.1) is 0 Å². The van der Waals surface area contributed by atoms with Crippen LogP contribution in [0.4, 0.5) is 0 Å². The highest BCUT2D eigenvalue weighted by Crippen LogP contribution is 2.17. The summed E-state index contributed by atoms with van der Waals surface area (Å²) < 4.78 is 1.57. The summed E-state index contributed by atoms with van der Waals surface area (Å²) in [5, 5.41) is 0. The highest BCUT2D eigenvalue weighted by Gasteiger charge is 2.24. The van der Waals surface area contributed by atoms with Crippen molar-refractivity contribution in [3.8, 4) is 0 Å². The van der Waals surface area contributed by atoms with E-state index in [4.69, 9.17) is 5.73 Å². The molecule has 2 rings (SSSR count). The van der Waals surface area contributed by atoms with Gasteiger partial charge in [-0.2, -0.15) is 0 Å². The van der Waals surface area contributed by atoms with Gasteiger partial charge in [0.05, 0.1) is 0 Å². The number of amides is 1. The lowest BCUT2D eigenvalue weighted by Crippen LogP contribution is -2.47. The zero-order valence-electron chi connectivity index (χ0n) is 11.1. The number of likely N-dealkylation sites (tertiary alicyclic amines) is 1. The Kier molecular flexibility index (Phi) is 4.74.